The van der Waals surface area contributed by atoms with E-state index >= 15 is 0 Å². The molecule has 1 heteroatoms. The fourth-order valence-electron chi connectivity index (χ4n) is 0.888. The predicted molar refractivity (Wildman–Crippen MR) is 55.9 cm³/mol. The maximum absolute atomic E-state index is 3.80. The maximum atomic E-state index is 3.80. The molecule has 68 valence electrons. The monoisotopic (exact) mass is 165 g/mol. The van der Waals surface area contributed by atoms with Crippen molar-refractivity contribution in [1.82, 2.24) is 5.32 Å². The minimum Gasteiger partial charge on any atom is -0.379 e. The summed E-state index contributed by atoms with van der Waals surface area (Å²) in [5.41, 5.74) is 1.00. The summed E-state index contributed by atoms with van der Waals surface area (Å²) >= 11 is 0. The van der Waals surface area contributed by atoms with Gasteiger partial charge in [0.15, 0.2) is 0 Å². The third-order valence-corrected chi connectivity index (χ3v) is 1.76. The Labute approximate surface area is 75.9 Å². The van der Waals surface area contributed by atoms with Crippen LogP contribution in [0.1, 0.15) is 20.8 Å². The second-order valence-corrected chi connectivity index (χ2v) is 3.95. The molecule has 12 heavy (non-hydrogen) atoms. The van der Waals surface area contributed by atoms with Gasteiger partial charge in [-0.05, 0) is 11.5 Å². The number of hydrogen-bond acceptors (Lipinski definition) is 1. The van der Waals surface area contributed by atoms with Gasteiger partial charge in [-0.2, -0.15) is 0 Å². The van der Waals surface area contributed by atoms with Crippen LogP contribution >= 0.6 is 0 Å². The molecule has 0 aliphatic carbocycles. The summed E-state index contributed by atoms with van der Waals surface area (Å²) < 4.78 is 0. The summed E-state index contributed by atoms with van der Waals surface area (Å²) in [5, 5.41) is 3.23. The molecule has 0 aliphatic rings. The van der Waals surface area contributed by atoms with Crippen LogP contribution in [0.2, 0.25) is 0 Å². The van der Waals surface area contributed by atoms with Crippen LogP contribution in [0.3, 0.4) is 0 Å². The van der Waals surface area contributed by atoms with Crippen molar-refractivity contribution in [2.45, 2.75) is 26.8 Å². The molecule has 0 aromatic rings. The van der Waals surface area contributed by atoms with Crippen molar-refractivity contribution < 1.29 is 0 Å². The van der Waals surface area contributed by atoms with E-state index in [1.807, 2.05) is 6.08 Å². The van der Waals surface area contributed by atoms with Gasteiger partial charge >= 0.3 is 0 Å². The summed E-state index contributed by atoms with van der Waals surface area (Å²) in [7, 11) is 0. The molecule has 0 saturated carbocycles. The van der Waals surface area contributed by atoms with Gasteiger partial charge in [0, 0.05) is 11.7 Å². The Bertz CT molecular complexity index is 184. The SMILES string of the molecule is C=CC(=C)NC(C=C)C(C)(C)C. The predicted octanol–water partition coefficient (Wildman–Crippen LogP) is 2.88. The third-order valence-electron chi connectivity index (χ3n) is 1.76. The summed E-state index contributed by atoms with van der Waals surface area (Å²) in [4.78, 5) is 0. The molecule has 0 saturated heterocycles. The van der Waals surface area contributed by atoms with Crippen LogP contribution in [0.25, 0.3) is 0 Å². The van der Waals surface area contributed by atoms with Crippen LogP contribution in [-0.4, -0.2) is 6.04 Å². The first-order valence-corrected chi connectivity index (χ1v) is 4.12. The quantitative estimate of drug-likeness (QED) is 0.499. The highest BCUT2D eigenvalue weighted by molar-refractivity contribution is 5.13. The van der Waals surface area contributed by atoms with Crippen molar-refractivity contribution in [2.75, 3.05) is 0 Å². The Morgan fingerprint density at radius 3 is 2.08 bits per heavy atom. The highest BCUT2D eigenvalue weighted by Gasteiger charge is 2.20. The van der Waals surface area contributed by atoms with Gasteiger partial charge < -0.3 is 5.32 Å². The van der Waals surface area contributed by atoms with Crippen LogP contribution in [0, 0.1) is 5.41 Å². The molecule has 1 N–H and O–H groups in total. The van der Waals surface area contributed by atoms with Gasteiger partial charge in [0.1, 0.15) is 0 Å². The second kappa shape index (κ2) is 4.15. The lowest BCUT2D eigenvalue weighted by molar-refractivity contribution is 0.333. The average Bonchev–Trinajstić information content (AvgIpc) is 1.97. The fraction of sp³-hybridized carbons (Fsp3) is 0.455. The largest absolute Gasteiger partial charge is 0.379 e. The maximum Gasteiger partial charge on any atom is 0.0490 e. The topological polar surface area (TPSA) is 12.0 Å². The van der Waals surface area contributed by atoms with E-state index in [2.05, 4.69) is 45.8 Å². The van der Waals surface area contributed by atoms with Gasteiger partial charge in [-0.15, -0.1) is 6.58 Å². The Kier molecular flexibility index (Phi) is 3.81. The number of rotatable bonds is 4. The number of hydrogen-bond donors (Lipinski definition) is 1. The van der Waals surface area contributed by atoms with Crippen molar-refractivity contribution in [3.05, 3.63) is 37.6 Å². The summed E-state index contributed by atoms with van der Waals surface area (Å²) in [5.74, 6) is 0. The van der Waals surface area contributed by atoms with Crippen LogP contribution in [-0.2, 0) is 0 Å². The summed E-state index contributed by atoms with van der Waals surface area (Å²) in [6, 6.07) is 0.239. The normalized spacial score (nSPS) is 13.2. The second-order valence-electron chi connectivity index (χ2n) is 3.95. The van der Waals surface area contributed by atoms with E-state index in [-0.39, 0.29) is 11.5 Å². The molecular weight excluding hydrogens is 146 g/mol. The fourth-order valence-corrected chi connectivity index (χ4v) is 0.888. The highest BCUT2D eigenvalue weighted by Crippen LogP contribution is 2.20. The molecule has 0 rings (SSSR count). The Balaban J connectivity index is 4.28. The molecule has 0 radical (unpaired) electrons. The molecule has 1 unspecified atom stereocenters. The van der Waals surface area contributed by atoms with Gasteiger partial charge in [0.05, 0.1) is 0 Å². The summed E-state index contributed by atoms with van der Waals surface area (Å²) in [6.07, 6.45) is 3.61. The lowest BCUT2D eigenvalue weighted by Crippen LogP contribution is -2.37. The zero-order valence-corrected chi connectivity index (χ0v) is 8.35. The van der Waals surface area contributed by atoms with Crippen molar-refractivity contribution in [3.63, 3.8) is 0 Å². The van der Waals surface area contributed by atoms with E-state index in [4.69, 9.17) is 0 Å². The molecule has 0 amide bonds. The molecule has 0 heterocycles. The molecule has 0 spiro atoms. The smallest absolute Gasteiger partial charge is 0.0490 e. The summed E-state index contributed by atoms with van der Waals surface area (Å²) in [6.45, 7) is 17.7. The molecule has 0 aliphatic heterocycles. The number of nitrogens with one attached hydrogen (secondary N) is 1. The van der Waals surface area contributed by atoms with Crippen LogP contribution in [0.5, 0.6) is 0 Å². The van der Waals surface area contributed by atoms with Crippen molar-refractivity contribution in [1.29, 1.82) is 0 Å². The average molecular weight is 165 g/mol. The van der Waals surface area contributed by atoms with Gasteiger partial charge in [0.25, 0.3) is 0 Å². The van der Waals surface area contributed by atoms with Crippen LogP contribution in [0.15, 0.2) is 37.6 Å². The minimum absolute atomic E-state index is 0.160. The Hall–Kier alpha value is -0.980. The van der Waals surface area contributed by atoms with Crippen LogP contribution in [0.4, 0.5) is 0 Å². The first-order chi connectivity index (χ1) is 5.41. The van der Waals surface area contributed by atoms with E-state index in [0.717, 1.165) is 5.70 Å². The molecule has 0 aromatic carbocycles. The van der Waals surface area contributed by atoms with Crippen molar-refractivity contribution >= 4 is 0 Å². The van der Waals surface area contributed by atoms with Gasteiger partial charge in [-0.3, -0.25) is 0 Å². The van der Waals surface area contributed by atoms with E-state index in [1.54, 1.807) is 6.08 Å². The van der Waals surface area contributed by atoms with Gasteiger partial charge in [-0.1, -0.05) is 40.0 Å². The lowest BCUT2D eigenvalue weighted by Gasteiger charge is -2.29. The lowest BCUT2D eigenvalue weighted by atomic mass is 9.87. The molecule has 0 fully saturated rings. The van der Waals surface area contributed by atoms with Gasteiger partial charge in [0.2, 0.25) is 0 Å². The first-order valence-electron chi connectivity index (χ1n) is 4.12. The van der Waals surface area contributed by atoms with Crippen molar-refractivity contribution in [2.24, 2.45) is 5.41 Å². The van der Waals surface area contributed by atoms with E-state index < -0.39 is 0 Å². The highest BCUT2D eigenvalue weighted by atomic mass is 14.9. The minimum atomic E-state index is 0.160. The molecule has 0 bridgehead atoms. The zero-order valence-electron chi connectivity index (χ0n) is 8.35. The molecular formula is C11H19N. The number of allylic oxidation sites excluding steroid dienone is 1. The molecule has 1 nitrogen and oxygen atoms in total. The first kappa shape index (κ1) is 11.0. The Morgan fingerprint density at radius 2 is 1.83 bits per heavy atom. The van der Waals surface area contributed by atoms with E-state index in [9.17, 15) is 0 Å². The molecule has 0 aromatic heterocycles. The van der Waals surface area contributed by atoms with E-state index in [1.165, 1.54) is 0 Å². The Morgan fingerprint density at radius 1 is 1.33 bits per heavy atom. The van der Waals surface area contributed by atoms with Crippen molar-refractivity contribution in [3.8, 4) is 0 Å². The standard InChI is InChI=1S/C11H19N/c1-7-9(3)12-10(8-2)11(4,5)6/h7-8,10,12H,1-3H2,4-6H3. The van der Waals surface area contributed by atoms with Gasteiger partial charge in [-0.25, -0.2) is 0 Å². The van der Waals surface area contributed by atoms with Crippen LogP contribution < -0.4 is 5.32 Å². The zero-order chi connectivity index (χ0) is 9.78. The van der Waals surface area contributed by atoms with E-state index in [0.29, 0.717) is 0 Å². The molecule has 1 atom stereocenters. The third kappa shape index (κ3) is 3.42.